The molecule has 3 rings (SSSR count). The van der Waals surface area contributed by atoms with Crippen molar-refractivity contribution in [3.63, 3.8) is 0 Å². The van der Waals surface area contributed by atoms with Gasteiger partial charge in [-0.15, -0.1) is 0 Å². The van der Waals surface area contributed by atoms with E-state index in [9.17, 15) is 0 Å². The van der Waals surface area contributed by atoms with Crippen LogP contribution in [0, 0.1) is 29.6 Å². The van der Waals surface area contributed by atoms with E-state index in [1.165, 1.54) is 51.5 Å². The van der Waals surface area contributed by atoms with Crippen LogP contribution in [0.3, 0.4) is 0 Å². The van der Waals surface area contributed by atoms with E-state index in [1.54, 1.807) is 12.8 Å². The summed E-state index contributed by atoms with van der Waals surface area (Å²) in [5, 5.41) is 3.97. The van der Waals surface area contributed by atoms with Crippen LogP contribution >= 0.6 is 0 Å². The van der Waals surface area contributed by atoms with Gasteiger partial charge in [-0.1, -0.05) is 39.5 Å². The molecule has 0 bridgehead atoms. The molecule has 3 aliphatic carbocycles. The first-order valence-electron chi connectivity index (χ1n) is 9.08. The van der Waals surface area contributed by atoms with Crippen LogP contribution < -0.4 is 5.32 Å². The van der Waals surface area contributed by atoms with Crippen molar-refractivity contribution in [3.05, 3.63) is 0 Å². The van der Waals surface area contributed by atoms with Crippen LogP contribution in [-0.4, -0.2) is 12.6 Å². The highest BCUT2D eigenvalue weighted by atomic mass is 15.0. The van der Waals surface area contributed by atoms with E-state index in [1.807, 2.05) is 0 Å². The first-order chi connectivity index (χ1) is 9.35. The Morgan fingerprint density at radius 1 is 1.00 bits per heavy atom. The number of fused-ring (bicyclic) bond motifs is 1. The van der Waals surface area contributed by atoms with E-state index in [0.717, 1.165) is 35.6 Å². The van der Waals surface area contributed by atoms with Gasteiger partial charge in [-0.2, -0.15) is 0 Å². The summed E-state index contributed by atoms with van der Waals surface area (Å²) in [6.07, 6.45) is 13.3. The molecule has 0 aliphatic heterocycles. The summed E-state index contributed by atoms with van der Waals surface area (Å²) in [5.74, 6) is 5.35. The summed E-state index contributed by atoms with van der Waals surface area (Å²) in [4.78, 5) is 0. The average Bonchev–Trinajstić information content (AvgIpc) is 2.92. The molecule has 1 heteroatoms. The van der Waals surface area contributed by atoms with Crippen molar-refractivity contribution in [2.45, 2.75) is 77.7 Å². The molecule has 0 aromatic rings. The van der Waals surface area contributed by atoms with Crippen LogP contribution in [0.15, 0.2) is 0 Å². The van der Waals surface area contributed by atoms with Gasteiger partial charge in [0.25, 0.3) is 0 Å². The van der Waals surface area contributed by atoms with Crippen molar-refractivity contribution < 1.29 is 0 Å². The highest BCUT2D eigenvalue weighted by Gasteiger charge is 2.57. The van der Waals surface area contributed by atoms with Crippen LogP contribution in [0.4, 0.5) is 0 Å². The van der Waals surface area contributed by atoms with E-state index in [2.05, 4.69) is 19.2 Å². The molecule has 0 aromatic carbocycles. The minimum Gasteiger partial charge on any atom is -0.313 e. The van der Waals surface area contributed by atoms with Gasteiger partial charge in [0.1, 0.15) is 0 Å². The molecule has 1 nitrogen and oxygen atoms in total. The minimum absolute atomic E-state index is 0.879. The van der Waals surface area contributed by atoms with Crippen molar-refractivity contribution in [2.24, 2.45) is 29.6 Å². The van der Waals surface area contributed by atoms with Gasteiger partial charge in [-0.3, -0.25) is 0 Å². The summed E-state index contributed by atoms with van der Waals surface area (Å²) in [6.45, 7) is 5.95. The van der Waals surface area contributed by atoms with E-state index >= 15 is 0 Å². The molecule has 3 fully saturated rings. The summed E-state index contributed by atoms with van der Waals surface area (Å²) < 4.78 is 0. The standard InChI is InChI=1S/C18H33N/c1-3-11-19-18(17-15-9-6-10-16(15)17)14-8-5-7-13(4-2)12-14/h13-19H,3-12H2,1-2H3. The van der Waals surface area contributed by atoms with Gasteiger partial charge >= 0.3 is 0 Å². The predicted molar refractivity (Wildman–Crippen MR) is 82.1 cm³/mol. The smallest absolute Gasteiger partial charge is 0.0129 e. The van der Waals surface area contributed by atoms with E-state index in [0.29, 0.717) is 0 Å². The number of hydrogen-bond donors (Lipinski definition) is 1. The van der Waals surface area contributed by atoms with Crippen LogP contribution in [-0.2, 0) is 0 Å². The zero-order valence-corrected chi connectivity index (χ0v) is 13.0. The third kappa shape index (κ3) is 2.86. The maximum atomic E-state index is 3.97. The number of rotatable bonds is 6. The second kappa shape index (κ2) is 6.16. The first-order valence-corrected chi connectivity index (χ1v) is 9.08. The Kier molecular flexibility index (Phi) is 4.51. The monoisotopic (exact) mass is 263 g/mol. The lowest BCUT2D eigenvalue weighted by Crippen LogP contribution is -2.41. The molecule has 3 aliphatic rings. The van der Waals surface area contributed by atoms with Crippen LogP contribution in [0.25, 0.3) is 0 Å². The van der Waals surface area contributed by atoms with Crippen molar-refractivity contribution >= 4 is 0 Å². The van der Waals surface area contributed by atoms with E-state index in [4.69, 9.17) is 0 Å². The Bertz CT molecular complexity index is 277. The molecule has 0 radical (unpaired) electrons. The molecule has 3 saturated carbocycles. The van der Waals surface area contributed by atoms with Gasteiger partial charge in [-0.25, -0.2) is 0 Å². The maximum absolute atomic E-state index is 3.97. The highest BCUT2D eigenvalue weighted by Crippen LogP contribution is 2.60. The molecule has 0 saturated heterocycles. The van der Waals surface area contributed by atoms with Gasteiger partial charge in [0.2, 0.25) is 0 Å². The van der Waals surface area contributed by atoms with Gasteiger partial charge in [0, 0.05) is 6.04 Å². The zero-order valence-electron chi connectivity index (χ0n) is 13.0. The fraction of sp³-hybridized carbons (Fsp3) is 1.00. The Labute approximate surface area is 119 Å². The van der Waals surface area contributed by atoms with Crippen molar-refractivity contribution in [1.82, 2.24) is 5.32 Å². The quantitative estimate of drug-likeness (QED) is 0.737. The molecule has 5 atom stereocenters. The number of nitrogens with one attached hydrogen (secondary N) is 1. The SMILES string of the molecule is CCCNC(C1CCCC(CC)C1)C1C2CCCC21. The molecule has 0 amide bonds. The lowest BCUT2D eigenvalue weighted by Gasteiger charge is -2.36. The third-order valence-electron chi connectivity index (χ3n) is 6.43. The summed E-state index contributed by atoms with van der Waals surface area (Å²) in [5.41, 5.74) is 0. The fourth-order valence-corrected chi connectivity index (χ4v) is 5.37. The first kappa shape index (κ1) is 13.9. The Balaban J connectivity index is 1.61. The molecule has 1 N–H and O–H groups in total. The Hall–Kier alpha value is -0.0400. The van der Waals surface area contributed by atoms with Gasteiger partial charge in [0.05, 0.1) is 0 Å². The molecular weight excluding hydrogens is 230 g/mol. The lowest BCUT2D eigenvalue weighted by molar-refractivity contribution is 0.185. The van der Waals surface area contributed by atoms with Gasteiger partial charge in [0.15, 0.2) is 0 Å². The van der Waals surface area contributed by atoms with E-state index < -0.39 is 0 Å². The molecule has 0 spiro atoms. The molecule has 110 valence electrons. The average molecular weight is 263 g/mol. The lowest BCUT2D eigenvalue weighted by atomic mass is 9.75. The summed E-state index contributed by atoms with van der Waals surface area (Å²) in [6, 6.07) is 0.879. The molecule has 0 aromatic heterocycles. The fourth-order valence-electron chi connectivity index (χ4n) is 5.37. The Morgan fingerprint density at radius 3 is 2.42 bits per heavy atom. The van der Waals surface area contributed by atoms with Gasteiger partial charge < -0.3 is 5.32 Å². The van der Waals surface area contributed by atoms with Gasteiger partial charge in [-0.05, 0) is 68.2 Å². The number of hydrogen-bond acceptors (Lipinski definition) is 1. The molecule has 19 heavy (non-hydrogen) atoms. The van der Waals surface area contributed by atoms with Crippen molar-refractivity contribution in [3.8, 4) is 0 Å². The second-order valence-corrected chi connectivity index (χ2v) is 7.52. The van der Waals surface area contributed by atoms with Crippen LogP contribution in [0.2, 0.25) is 0 Å². The maximum Gasteiger partial charge on any atom is 0.0129 e. The second-order valence-electron chi connectivity index (χ2n) is 7.52. The zero-order chi connectivity index (χ0) is 13.2. The topological polar surface area (TPSA) is 12.0 Å². The summed E-state index contributed by atoms with van der Waals surface area (Å²) >= 11 is 0. The molecule has 5 unspecified atom stereocenters. The molecule has 0 heterocycles. The molecular formula is C18H33N. The Morgan fingerprint density at radius 2 is 1.74 bits per heavy atom. The van der Waals surface area contributed by atoms with Crippen molar-refractivity contribution in [2.75, 3.05) is 6.54 Å². The minimum atomic E-state index is 0.879. The highest BCUT2D eigenvalue weighted by molar-refractivity contribution is 5.08. The van der Waals surface area contributed by atoms with Crippen LogP contribution in [0.1, 0.15) is 71.6 Å². The third-order valence-corrected chi connectivity index (χ3v) is 6.43. The van der Waals surface area contributed by atoms with Crippen molar-refractivity contribution in [1.29, 1.82) is 0 Å². The predicted octanol–water partition coefficient (Wildman–Crippen LogP) is 4.62. The van der Waals surface area contributed by atoms with Crippen LogP contribution in [0.5, 0.6) is 0 Å². The summed E-state index contributed by atoms with van der Waals surface area (Å²) in [7, 11) is 0. The largest absolute Gasteiger partial charge is 0.313 e. The normalized spacial score (nSPS) is 42.9. The van der Waals surface area contributed by atoms with E-state index in [-0.39, 0.29) is 0 Å².